The fourth-order valence-corrected chi connectivity index (χ4v) is 1.66. The van der Waals surface area contributed by atoms with E-state index >= 15 is 0 Å². The summed E-state index contributed by atoms with van der Waals surface area (Å²) in [5, 5.41) is 5.26. The Kier molecular flexibility index (Phi) is 5.83. The van der Waals surface area contributed by atoms with Crippen LogP contribution in [0.1, 0.15) is 32.8 Å². The van der Waals surface area contributed by atoms with Crippen LogP contribution in [0, 0.1) is 0 Å². The van der Waals surface area contributed by atoms with Crippen molar-refractivity contribution in [3.63, 3.8) is 0 Å². The maximum absolute atomic E-state index is 12.5. The summed E-state index contributed by atoms with van der Waals surface area (Å²) in [6, 6.07) is 0.120. The predicted molar refractivity (Wildman–Crippen MR) is 75.2 cm³/mol. The van der Waals surface area contributed by atoms with Crippen LogP contribution in [0.2, 0.25) is 5.02 Å². The van der Waals surface area contributed by atoms with E-state index in [4.69, 9.17) is 11.6 Å². The molecule has 1 amide bonds. The highest BCUT2D eigenvalue weighted by molar-refractivity contribution is 6.33. The molecule has 1 rings (SSSR count). The maximum atomic E-state index is 12.5. The maximum Gasteiger partial charge on any atom is 0.417 e. The molecule has 0 saturated heterocycles. The second kappa shape index (κ2) is 6.98. The lowest BCUT2D eigenvalue weighted by atomic mass is 10.2. The smallest absolute Gasteiger partial charge is 0.357 e. The van der Waals surface area contributed by atoms with Crippen LogP contribution in [-0.2, 0) is 11.0 Å². The zero-order chi connectivity index (χ0) is 16.2. The number of carbonyl (C=O) groups is 1. The van der Waals surface area contributed by atoms with Crippen molar-refractivity contribution in [2.24, 2.45) is 0 Å². The molecule has 118 valence electrons. The average molecular weight is 324 g/mol. The summed E-state index contributed by atoms with van der Waals surface area (Å²) < 4.78 is 37.5. The molecular formula is C13H17ClF3N3O. The second-order valence-electron chi connectivity index (χ2n) is 4.74. The van der Waals surface area contributed by atoms with E-state index in [0.717, 1.165) is 12.5 Å². The topological polar surface area (TPSA) is 54.0 Å². The van der Waals surface area contributed by atoms with Gasteiger partial charge in [0.05, 0.1) is 10.6 Å². The third kappa shape index (κ3) is 5.08. The van der Waals surface area contributed by atoms with E-state index < -0.39 is 17.8 Å². The highest BCUT2D eigenvalue weighted by Crippen LogP contribution is 2.32. The van der Waals surface area contributed by atoms with Gasteiger partial charge in [-0.05, 0) is 26.3 Å². The molecule has 0 spiro atoms. The van der Waals surface area contributed by atoms with E-state index in [1.165, 1.54) is 0 Å². The van der Waals surface area contributed by atoms with Gasteiger partial charge in [-0.1, -0.05) is 18.5 Å². The first-order valence-corrected chi connectivity index (χ1v) is 6.82. The Morgan fingerprint density at radius 3 is 2.52 bits per heavy atom. The van der Waals surface area contributed by atoms with Crippen molar-refractivity contribution in [2.75, 3.05) is 5.32 Å². The van der Waals surface area contributed by atoms with Crippen LogP contribution in [0.5, 0.6) is 0 Å². The molecule has 0 aliphatic rings. The molecule has 4 nitrogen and oxygen atoms in total. The Morgan fingerprint density at radius 1 is 1.43 bits per heavy atom. The van der Waals surface area contributed by atoms with E-state index in [2.05, 4.69) is 15.6 Å². The molecule has 21 heavy (non-hydrogen) atoms. The molecule has 0 saturated carbocycles. The molecule has 2 N–H and O–H groups in total. The number of nitrogens with zero attached hydrogens (tertiary/aromatic N) is 1. The number of alkyl halides is 3. The van der Waals surface area contributed by atoms with Gasteiger partial charge in [-0.3, -0.25) is 4.79 Å². The summed E-state index contributed by atoms with van der Waals surface area (Å²) in [5.41, 5.74) is -0.935. The lowest BCUT2D eigenvalue weighted by Crippen LogP contribution is -2.42. The summed E-state index contributed by atoms with van der Waals surface area (Å²) in [5.74, 6) is -0.237. The third-order valence-electron chi connectivity index (χ3n) is 2.92. The summed E-state index contributed by atoms with van der Waals surface area (Å²) >= 11 is 5.76. The van der Waals surface area contributed by atoms with Crippen LogP contribution in [0.3, 0.4) is 0 Å². The molecule has 1 aromatic heterocycles. The largest absolute Gasteiger partial charge is 0.417 e. The van der Waals surface area contributed by atoms with Crippen molar-refractivity contribution < 1.29 is 18.0 Å². The SMILES string of the molecule is CCC(C)NC(=O)C(C)Nc1ncc(C(F)(F)F)cc1Cl. The lowest BCUT2D eigenvalue weighted by molar-refractivity contribution is -0.137. The molecular weight excluding hydrogens is 307 g/mol. The van der Waals surface area contributed by atoms with Crippen molar-refractivity contribution in [1.29, 1.82) is 0 Å². The van der Waals surface area contributed by atoms with Crippen molar-refractivity contribution in [3.8, 4) is 0 Å². The summed E-state index contributed by atoms with van der Waals surface area (Å²) in [4.78, 5) is 15.5. The normalized spacial score (nSPS) is 14.4. The van der Waals surface area contributed by atoms with Gasteiger partial charge in [0.15, 0.2) is 0 Å². The lowest BCUT2D eigenvalue weighted by Gasteiger charge is -2.18. The highest BCUT2D eigenvalue weighted by Gasteiger charge is 2.31. The third-order valence-corrected chi connectivity index (χ3v) is 3.20. The minimum atomic E-state index is -4.51. The van der Waals surface area contributed by atoms with Crippen LogP contribution in [0.15, 0.2) is 12.3 Å². The first-order valence-electron chi connectivity index (χ1n) is 6.44. The minimum absolute atomic E-state index is 0.0118. The van der Waals surface area contributed by atoms with E-state index in [9.17, 15) is 18.0 Å². The molecule has 2 atom stereocenters. The quantitative estimate of drug-likeness (QED) is 0.872. The Labute approximate surface area is 126 Å². The Morgan fingerprint density at radius 2 is 2.05 bits per heavy atom. The fraction of sp³-hybridized carbons (Fsp3) is 0.538. The van der Waals surface area contributed by atoms with Crippen LogP contribution >= 0.6 is 11.6 Å². The Bertz CT molecular complexity index is 508. The van der Waals surface area contributed by atoms with Crippen LogP contribution in [0.25, 0.3) is 0 Å². The van der Waals surface area contributed by atoms with Crippen LogP contribution in [0.4, 0.5) is 19.0 Å². The zero-order valence-corrected chi connectivity index (χ0v) is 12.6. The van der Waals surface area contributed by atoms with Crippen LogP contribution in [-0.4, -0.2) is 23.0 Å². The molecule has 2 unspecified atom stereocenters. The molecule has 8 heteroatoms. The fourth-order valence-electron chi connectivity index (χ4n) is 1.44. The molecule has 0 aliphatic carbocycles. The van der Waals surface area contributed by atoms with Crippen molar-refractivity contribution in [2.45, 2.75) is 45.5 Å². The number of anilines is 1. The van der Waals surface area contributed by atoms with Gasteiger partial charge < -0.3 is 10.6 Å². The van der Waals surface area contributed by atoms with E-state index in [0.29, 0.717) is 6.20 Å². The summed E-state index contributed by atoms with van der Waals surface area (Å²) in [6.07, 6.45) is -3.06. The Hall–Kier alpha value is -1.50. The van der Waals surface area contributed by atoms with Gasteiger partial charge in [0, 0.05) is 12.2 Å². The van der Waals surface area contributed by atoms with Gasteiger partial charge in [0.1, 0.15) is 11.9 Å². The van der Waals surface area contributed by atoms with Crippen LogP contribution < -0.4 is 10.6 Å². The minimum Gasteiger partial charge on any atom is -0.357 e. The summed E-state index contributed by atoms with van der Waals surface area (Å²) in [7, 11) is 0. The summed E-state index contributed by atoms with van der Waals surface area (Å²) in [6.45, 7) is 5.36. The van der Waals surface area contributed by atoms with Crippen molar-refractivity contribution >= 4 is 23.3 Å². The number of nitrogens with one attached hydrogen (secondary N) is 2. The second-order valence-corrected chi connectivity index (χ2v) is 5.14. The Balaban J connectivity index is 2.77. The first-order chi connectivity index (χ1) is 9.65. The molecule has 0 bridgehead atoms. The first kappa shape index (κ1) is 17.6. The predicted octanol–water partition coefficient (Wildman–Crippen LogP) is 3.47. The molecule has 0 aliphatic heterocycles. The number of amides is 1. The van der Waals surface area contributed by atoms with Gasteiger partial charge in [-0.2, -0.15) is 13.2 Å². The number of hydrogen-bond acceptors (Lipinski definition) is 3. The molecule has 1 aromatic rings. The monoisotopic (exact) mass is 323 g/mol. The molecule has 0 fully saturated rings. The molecule has 0 aromatic carbocycles. The average Bonchev–Trinajstić information content (AvgIpc) is 2.39. The number of carbonyl (C=O) groups excluding carboxylic acids is 1. The van der Waals surface area contributed by atoms with Gasteiger partial charge in [0.25, 0.3) is 0 Å². The van der Waals surface area contributed by atoms with Gasteiger partial charge in [0.2, 0.25) is 5.91 Å². The van der Waals surface area contributed by atoms with Gasteiger partial charge in [-0.15, -0.1) is 0 Å². The number of aromatic nitrogens is 1. The number of pyridine rings is 1. The van der Waals surface area contributed by atoms with Crippen molar-refractivity contribution in [3.05, 3.63) is 22.8 Å². The highest BCUT2D eigenvalue weighted by atomic mass is 35.5. The standard InChI is InChI=1S/C13H17ClF3N3O/c1-4-7(2)19-12(21)8(3)20-11-10(14)5-9(6-18-11)13(15,16)17/h5-8H,4H2,1-3H3,(H,18,20)(H,19,21). The zero-order valence-electron chi connectivity index (χ0n) is 11.9. The molecule has 1 heterocycles. The van der Waals surface area contributed by atoms with E-state index in [1.807, 2.05) is 13.8 Å². The number of halogens is 4. The number of hydrogen-bond donors (Lipinski definition) is 2. The van der Waals surface area contributed by atoms with Gasteiger partial charge >= 0.3 is 6.18 Å². The molecule has 0 radical (unpaired) electrons. The van der Waals surface area contributed by atoms with E-state index in [-0.39, 0.29) is 22.8 Å². The van der Waals surface area contributed by atoms with Gasteiger partial charge in [-0.25, -0.2) is 4.98 Å². The van der Waals surface area contributed by atoms with Crippen molar-refractivity contribution in [1.82, 2.24) is 10.3 Å². The number of rotatable bonds is 5. The van der Waals surface area contributed by atoms with E-state index in [1.54, 1.807) is 6.92 Å².